The van der Waals surface area contributed by atoms with Gasteiger partial charge in [-0.05, 0) is 6.92 Å². The van der Waals surface area contributed by atoms with Gasteiger partial charge in [-0.15, -0.1) is 0 Å². The molecule has 5 atom stereocenters. The Balaban J connectivity index is 2.68. The lowest BCUT2D eigenvalue weighted by Crippen LogP contribution is -2.56. The minimum absolute atomic E-state index is 0.105. The van der Waals surface area contributed by atoms with Crippen molar-refractivity contribution in [3.05, 3.63) is 0 Å². The third-order valence-electron chi connectivity index (χ3n) is 2.95. The largest absolute Gasteiger partial charge is 0.394 e. The van der Waals surface area contributed by atoms with E-state index in [0.29, 0.717) is 6.61 Å². The van der Waals surface area contributed by atoms with Crippen LogP contribution in [0.5, 0.6) is 0 Å². The SMILES string of the molecule is CCOC1C(O)[C@H](C)C(CO)O[C@@H]1OCCO. The molecule has 3 unspecified atom stereocenters. The molecule has 0 aromatic carbocycles. The highest BCUT2D eigenvalue weighted by molar-refractivity contribution is 4.87. The minimum atomic E-state index is -0.760. The number of hydrogen-bond acceptors (Lipinski definition) is 6. The van der Waals surface area contributed by atoms with Crippen LogP contribution in [0.25, 0.3) is 0 Å². The maximum Gasteiger partial charge on any atom is 0.186 e. The molecule has 0 radical (unpaired) electrons. The van der Waals surface area contributed by atoms with E-state index in [0.717, 1.165) is 0 Å². The topological polar surface area (TPSA) is 88.4 Å². The average molecular weight is 250 g/mol. The van der Waals surface area contributed by atoms with Gasteiger partial charge in [-0.2, -0.15) is 0 Å². The van der Waals surface area contributed by atoms with E-state index in [4.69, 9.17) is 24.4 Å². The Bertz CT molecular complexity index is 212. The normalized spacial score (nSPS) is 38.3. The lowest BCUT2D eigenvalue weighted by Gasteiger charge is -2.42. The standard InChI is InChI=1S/C11H22O6/c1-3-15-10-9(14)7(2)8(6-13)17-11(10)16-5-4-12/h7-14H,3-6H2,1-2H3/t7-,8?,9?,10?,11+/m1/s1. The molecule has 1 heterocycles. The monoisotopic (exact) mass is 250 g/mol. The second kappa shape index (κ2) is 7.25. The van der Waals surface area contributed by atoms with Gasteiger partial charge in [0.25, 0.3) is 0 Å². The summed E-state index contributed by atoms with van der Waals surface area (Å²) in [5.41, 5.74) is 0. The molecule has 0 spiro atoms. The maximum atomic E-state index is 10.1. The van der Waals surface area contributed by atoms with Gasteiger partial charge in [0.15, 0.2) is 6.29 Å². The van der Waals surface area contributed by atoms with Crippen molar-refractivity contribution < 1.29 is 29.5 Å². The van der Waals surface area contributed by atoms with Gasteiger partial charge >= 0.3 is 0 Å². The number of aliphatic hydroxyl groups is 3. The molecule has 6 nitrogen and oxygen atoms in total. The predicted octanol–water partition coefficient (Wildman–Crippen LogP) is -0.885. The predicted molar refractivity (Wildman–Crippen MR) is 59.4 cm³/mol. The zero-order valence-electron chi connectivity index (χ0n) is 10.3. The van der Waals surface area contributed by atoms with E-state index in [1.54, 1.807) is 6.92 Å². The summed E-state index contributed by atoms with van der Waals surface area (Å²) < 4.78 is 16.2. The summed E-state index contributed by atoms with van der Waals surface area (Å²) in [5, 5.41) is 28.0. The molecule has 1 aliphatic heterocycles. The maximum absolute atomic E-state index is 10.1. The number of rotatable bonds is 6. The Morgan fingerprint density at radius 3 is 2.47 bits per heavy atom. The van der Waals surface area contributed by atoms with E-state index >= 15 is 0 Å². The average Bonchev–Trinajstić information content (AvgIpc) is 2.34. The van der Waals surface area contributed by atoms with Crippen molar-refractivity contribution in [2.75, 3.05) is 26.4 Å². The van der Waals surface area contributed by atoms with Crippen LogP contribution in [-0.2, 0) is 14.2 Å². The summed E-state index contributed by atoms with van der Waals surface area (Å²) in [6.45, 7) is 3.83. The molecule has 1 saturated heterocycles. The third kappa shape index (κ3) is 3.61. The molecule has 0 bridgehead atoms. The molecule has 1 aliphatic rings. The zero-order chi connectivity index (χ0) is 12.8. The van der Waals surface area contributed by atoms with Gasteiger partial charge in [0.05, 0.1) is 32.0 Å². The Morgan fingerprint density at radius 2 is 1.94 bits per heavy atom. The Labute approximate surface area is 101 Å². The first-order chi connectivity index (χ1) is 8.15. The van der Waals surface area contributed by atoms with Crippen LogP contribution in [0.4, 0.5) is 0 Å². The third-order valence-corrected chi connectivity index (χ3v) is 2.95. The number of hydrogen-bond donors (Lipinski definition) is 3. The van der Waals surface area contributed by atoms with Crippen molar-refractivity contribution in [3.8, 4) is 0 Å². The van der Waals surface area contributed by atoms with Gasteiger partial charge < -0.3 is 29.5 Å². The molecule has 1 rings (SSSR count). The molecule has 1 fully saturated rings. The van der Waals surface area contributed by atoms with E-state index in [9.17, 15) is 5.11 Å². The molecule has 0 saturated carbocycles. The van der Waals surface area contributed by atoms with E-state index in [1.165, 1.54) is 0 Å². The van der Waals surface area contributed by atoms with Crippen LogP contribution in [-0.4, -0.2) is 66.3 Å². The molecular formula is C11H22O6. The van der Waals surface area contributed by atoms with Crippen molar-refractivity contribution in [1.29, 1.82) is 0 Å². The minimum Gasteiger partial charge on any atom is -0.394 e. The number of aliphatic hydroxyl groups excluding tert-OH is 3. The van der Waals surface area contributed by atoms with Gasteiger partial charge in [-0.25, -0.2) is 0 Å². The van der Waals surface area contributed by atoms with Crippen LogP contribution in [0.15, 0.2) is 0 Å². The first kappa shape index (κ1) is 14.8. The summed E-state index contributed by atoms with van der Waals surface area (Å²) in [7, 11) is 0. The highest BCUT2D eigenvalue weighted by atomic mass is 16.7. The highest BCUT2D eigenvalue weighted by Gasteiger charge is 2.43. The van der Waals surface area contributed by atoms with E-state index in [-0.39, 0.29) is 25.7 Å². The fourth-order valence-corrected chi connectivity index (χ4v) is 1.94. The summed E-state index contributed by atoms with van der Waals surface area (Å²) in [6.07, 6.45) is -2.59. The van der Waals surface area contributed by atoms with Gasteiger partial charge in [0, 0.05) is 12.5 Å². The van der Waals surface area contributed by atoms with Crippen LogP contribution >= 0.6 is 0 Å². The van der Waals surface area contributed by atoms with Gasteiger partial charge in [-0.1, -0.05) is 6.92 Å². The second-order valence-corrected chi connectivity index (χ2v) is 4.09. The molecular weight excluding hydrogens is 228 g/mol. The quantitative estimate of drug-likeness (QED) is 0.567. The molecule has 0 aromatic heterocycles. The Morgan fingerprint density at radius 1 is 1.24 bits per heavy atom. The van der Waals surface area contributed by atoms with Crippen molar-refractivity contribution >= 4 is 0 Å². The van der Waals surface area contributed by atoms with Crippen molar-refractivity contribution in [3.63, 3.8) is 0 Å². The van der Waals surface area contributed by atoms with Gasteiger partial charge in [-0.3, -0.25) is 0 Å². The molecule has 0 aliphatic carbocycles. The summed E-state index contributed by atoms with van der Waals surface area (Å²) in [6, 6.07) is 0. The van der Waals surface area contributed by atoms with Gasteiger partial charge in [0.1, 0.15) is 6.10 Å². The van der Waals surface area contributed by atoms with E-state index in [1.807, 2.05) is 6.92 Å². The summed E-state index contributed by atoms with van der Waals surface area (Å²) in [5.74, 6) is -0.231. The van der Waals surface area contributed by atoms with Crippen LogP contribution < -0.4 is 0 Å². The van der Waals surface area contributed by atoms with Crippen molar-refractivity contribution in [1.82, 2.24) is 0 Å². The van der Waals surface area contributed by atoms with Crippen LogP contribution in [0.2, 0.25) is 0 Å². The van der Waals surface area contributed by atoms with E-state index < -0.39 is 24.6 Å². The number of ether oxygens (including phenoxy) is 3. The summed E-state index contributed by atoms with van der Waals surface area (Å²) >= 11 is 0. The molecule has 0 aromatic rings. The van der Waals surface area contributed by atoms with Crippen LogP contribution in [0.1, 0.15) is 13.8 Å². The van der Waals surface area contributed by atoms with Crippen LogP contribution in [0, 0.1) is 5.92 Å². The zero-order valence-corrected chi connectivity index (χ0v) is 10.3. The lowest BCUT2D eigenvalue weighted by molar-refractivity contribution is -0.298. The van der Waals surface area contributed by atoms with Gasteiger partial charge in [0.2, 0.25) is 0 Å². The van der Waals surface area contributed by atoms with E-state index in [2.05, 4.69) is 0 Å². The lowest BCUT2D eigenvalue weighted by atomic mass is 9.91. The highest BCUT2D eigenvalue weighted by Crippen LogP contribution is 2.28. The first-order valence-corrected chi connectivity index (χ1v) is 5.94. The van der Waals surface area contributed by atoms with Crippen molar-refractivity contribution in [2.45, 2.75) is 38.4 Å². The molecule has 3 N–H and O–H groups in total. The summed E-state index contributed by atoms with van der Waals surface area (Å²) in [4.78, 5) is 0. The molecule has 102 valence electrons. The fourth-order valence-electron chi connectivity index (χ4n) is 1.94. The van der Waals surface area contributed by atoms with Crippen LogP contribution in [0.3, 0.4) is 0 Å². The molecule has 0 amide bonds. The smallest absolute Gasteiger partial charge is 0.186 e. The Kier molecular flexibility index (Phi) is 6.32. The first-order valence-electron chi connectivity index (χ1n) is 5.94. The Hall–Kier alpha value is -0.240. The molecule has 17 heavy (non-hydrogen) atoms. The fraction of sp³-hybridized carbons (Fsp3) is 1.00. The molecule has 6 heteroatoms. The second-order valence-electron chi connectivity index (χ2n) is 4.09. The van der Waals surface area contributed by atoms with Crippen molar-refractivity contribution in [2.24, 2.45) is 5.92 Å².